The van der Waals surface area contributed by atoms with Crippen molar-refractivity contribution in [3.05, 3.63) is 35.4 Å². The Bertz CT molecular complexity index is 494. The van der Waals surface area contributed by atoms with Crippen LogP contribution in [0, 0.1) is 5.92 Å². The number of nitrogens with two attached hydrogens (primary N) is 1. The summed E-state index contributed by atoms with van der Waals surface area (Å²) in [4.78, 5) is 14.2. The predicted octanol–water partition coefficient (Wildman–Crippen LogP) is 1.59. The Labute approximate surface area is 120 Å². The van der Waals surface area contributed by atoms with E-state index in [9.17, 15) is 4.79 Å². The Morgan fingerprint density at radius 2 is 1.90 bits per heavy atom. The first-order valence-electron chi connectivity index (χ1n) is 7.50. The van der Waals surface area contributed by atoms with Crippen LogP contribution in [0.5, 0.6) is 0 Å². The number of fused-ring (bicyclic) bond motifs is 1. The van der Waals surface area contributed by atoms with Gasteiger partial charge in [-0.1, -0.05) is 24.3 Å². The highest BCUT2D eigenvalue weighted by molar-refractivity contribution is 5.78. The Kier molecular flexibility index (Phi) is 3.76. The van der Waals surface area contributed by atoms with E-state index in [1.807, 2.05) is 0 Å². The number of likely N-dealkylation sites (tertiary alicyclic amines) is 1. The van der Waals surface area contributed by atoms with Gasteiger partial charge in [0.05, 0.1) is 0 Å². The largest absolute Gasteiger partial charge is 0.359 e. The van der Waals surface area contributed by atoms with Crippen molar-refractivity contribution in [2.75, 3.05) is 20.1 Å². The third-order valence-electron chi connectivity index (χ3n) is 4.82. The first-order chi connectivity index (χ1) is 9.70. The fraction of sp³-hybridized carbons (Fsp3) is 0.562. The summed E-state index contributed by atoms with van der Waals surface area (Å²) in [5.41, 5.74) is 8.93. The Morgan fingerprint density at radius 1 is 1.25 bits per heavy atom. The fourth-order valence-corrected chi connectivity index (χ4v) is 3.67. The number of amides is 1. The molecule has 4 nitrogen and oxygen atoms in total. The predicted molar refractivity (Wildman–Crippen MR) is 79.1 cm³/mol. The Balaban J connectivity index is 1.69. The molecule has 2 atom stereocenters. The Hall–Kier alpha value is -1.39. The molecule has 1 amide bonds. The highest BCUT2D eigenvalue weighted by Crippen LogP contribution is 2.42. The SMILES string of the molecule is CNC(=O)C1CCN(C2CC(N)c3ccccc32)CC1. The van der Waals surface area contributed by atoms with Gasteiger partial charge >= 0.3 is 0 Å². The van der Waals surface area contributed by atoms with Gasteiger partial charge in [0.2, 0.25) is 5.91 Å². The summed E-state index contributed by atoms with van der Waals surface area (Å²) in [6, 6.07) is 9.12. The van der Waals surface area contributed by atoms with Crippen LogP contribution in [-0.4, -0.2) is 30.9 Å². The number of hydrogen-bond donors (Lipinski definition) is 2. The van der Waals surface area contributed by atoms with Crippen LogP contribution in [0.1, 0.15) is 42.5 Å². The lowest BCUT2D eigenvalue weighted by atomic mass is 9.94. The molecule has 0 aromatic heterocycles. The molecule has 1 saturated heterocycles. The van der Waals surface area contributed by atoms with Gasteiger partial charge in [-0.3, -0.25) is 9.69 Å². The van der Waals surface area contributed by atoms with Crippen LogP contribution in [0.3, 0.4) is 0 Å². The van der Waals surface area contributed by atoms with Gasteiger partial charge in [-0.2, -0.15) is 0 Å². The number of benzene rings is 1. The zero-order valence-electron chi connectivity index (χ0n) is 12.0. The molecule has 0 spiro atoms. The molecular formula is C16H23N3O. The maximum Gasteiger partial charge on any atom is 0.222 e. The van der Waals surface area contributed by atoms with E-state index in [0.717, 1.165) is 32.4 Å². The molecule has 0 radical (unpaired) electrons. The number of rotatable bonds is 2. The van der Waals surface area contributed by atoms with Crippen molar-refractivity contribution in [2.24, 2.45) is 11.7 Å². The van der Waals surface area contributed by atoms with Crippen LogP contribution in [-0.2, 0) is 4.79 Å². The zero-order chi connectivity index (χ0) is 14.1. The third kappa shape index (κ3) is 2.34. The number of hydrogen-bond acceptors (Lipinski definition) is 3. The molecule has 2 unspecified atom stereocenters. The number of carbonyl (C=O) groups is 1. The highest BCUT2D eigenvalue weighted by Gasteiger charge is 2.35. The van der Waals surface area contributed by atoms with E-state index < -0.39 is 0 Å². The molecule has 1 aromatic carbocycles. The van der Waals surface area contributed by atoms with Gasteiger partial charge < -0.3 is 11.1 Å². The molecule has 4 heteroatoms. The second-order valence-electron chi connectivity index (χ2n) is 5.91. The molecule has 1 aliphatic heterocycles. The molecule has 3 rings (SSSR count). The van der Waals surface area contributed by atoms with Crippen molar-refractivity contribution in [3.8, 4) is 0 Å². The molecule has 2 aliphatic rings. The number of nitrogens with zero attached hydrogens (tertiary/aromatic N) is 1. The molecule has 1 fully saturated rings. The van der Waals surface area contributed by atoms with Crippen molar-refractivity contribution in [1.82, 2.24) is 10.2 Å². The minimum atomic E-state index is 0.160. The van der Waals surface area contributed by atoms with E-state index in [2.05, 4.69) is 34.5 Å². The number of carbonyl (C=O) groups excluding carboxylic acids is 1. The van der Waals surface area contributed by atoms with Gasteiger partial charge in [-0.25, -0.2) is 0 Å². The smallest absolute Gasteiger partial charge is 0.222 e. The van der Waals surface area contributed by atoms with Crippen LogP contribution >= 0.6 is 0 Å². The minimum Gasteiger partial charge on any atom is -0.359 e. The molecule has 1 aromatic rings. The quantitative estimate of drug-likeness (QED) is 0.860. The van der Waals surface area contributed by atoms with Crippen molar-refractivity contribution < 1.29 is 4.79 Å². The van der Waals surface area contributed by atoms with Gasteiger partial charge in [0.15, 0.2) is 0 Å². The van der Waals surface area contributed by atoms with E-state index >= 15 is 0 Å². The lowest BCUT2D eigenvalue weighted by Gasteiger charge is -2.35. The normalized spacial score (nSPS) is 27.3. The van der Waals surface area contributed by atoms with Gasteiger partial charge in [0.25, 0.3) is 0 Å². The number of nitrogens with one attached hydrogen (secondary N) is 1. The van der Waals surface area contributed by atoms with E-state index in [-0.39, 0.29) is 17.9 Å². The second-order valence-corrected chi connectivity index (χ2v) is 5.91. The second kappa shape index (κ2) is 5.54. The van der Waals surface area contributed by atoms with Crippen LogP contribution in [0.4, 0.5) is 0 Å². The van der Waals surface area contributed by atoms with Crippen LogP contribution in [0.15, 0.2) is 24.3 Å². The molecule has 108 valence electrons. The highest BCUT2D eigenvalue weighted by atomic mass is 16.1. The maximum atomic E-state index is 11.7. The summed E-state index contributed by atoms with van der Waals surface area (Å²) >= 11 is 0. The van der Waals surface area contributed by atoms with Gasteiger partial charge in [-0.15, -0.1) is 0 Å². The molecular weight excluding hydrogens is 250 g/mol. The Morgan fingerprint density at radius 3 is 2.55 bits per heavy atom. The monoisotopic (exact) mass is 273 g/mol. The molecule has 0 bridgehead atoms. The van der Waals surface area contributed by atoms with Crippen LogP contribution in [0.25, 0.3) is 0 Å². The van der Waals surface area contributed by atoms with Crippen LogP contribution in [0.2, 0.25) is 0 Å². The molecule has 1 aliphatic carbocycles. The minimum absolute atomic E-state index is 0.160. The fourth-order valence-electron chi connectivity index (χ4n) is 3.67. The van der Waals surface area contributed by atoms with E-state index in [1.165, 1.54) is 11.1 Å². The van der Waals surface area contributed by atoms with Crippen molar-refractivity contribution in [3.63, 3.8) is 0 Å². The van der Waals surface area contributed by atoms with Crippen molar-refractivity contribution >= 4 is 5.91 Å². The summed E-state index contributed by atoms with van der Waals surface area (Å²) in [5, 5.41) is 2.76. The topological polar surface area (TPSA) is 58.4 Å². The lowest BCUT2D eigenvalue weighted by Crippen LogP contribution is -2.40. The third-order valence-corrected chi connectivity index (χ3v) is 4.82. The first kappa shape index (κ1) is 13.6. The average Bonchev–Trinajstić information content (AvgIpc) is 2.84. The van der Waals surface area contributed by atoms with Crippen molar-refractivity contribution in [1.29, 1.82) is 0 Å². The van der Waals surface area contributed by atoms with E-state index in [0.29, 0.717) is 6.04 Å². The standard InChI is InChI=1S/C16H23N3O/c1-18-16(20)11-6-8-19(9-7-11)15-10-14(17)12-4-2-3-5-13(12)15/h2-5,11,14-15H,6-10,17H2,1H3,(H,18,20). The van der Waals surface area contributed by atoms with Gasteiger partial charge in [-0.05, 0) is 43.5 Å². The van der Waals surface area contributed by atoms with Crippen LogP contribution < -0.4 is 11.1 Å². The summed E-state index contributed by atoms with van der Waals surface area (Å²) in [6.07, 6.45) is 2.91. The zero-order valence-corrected chi connectivity index (χ0v) is 12.0. The van der Waals surface area contributed by atoms with Gasteiger partial charge in [0.1, 0.15) is 0 Å². The van der Waals surface area contributed by atoms with Crippen molar-refractivity contribution in [2.45, 2.75) is 31.3 Å². The summed E-state index contributed by atoms with van der Waals surface area (Å²) in [7, 11) is 1.72. The first-order valence-corrected chi connectivity index (χ1v) is 7.50. The number of piperidine rings is 1. The molecule has 0 saturated carbocycles. The summed E-state index contributed by atoms with van der Waals surface area (Å²) in [6.45, 7) is 1.98. The lowest BCUT2D eigenvalue weighted by molar-refractivity contribution is -0.126. The van der Waals surface area contributed by atoms with Gasteiger partial charge in [0, 0.05) is 25.0 Å². The molecule has 1 heterocycles. The average molecular weight is 273 g/mol. The summed E-state index contributed by atoms with van der Waals surface area (Å²) in [5.74, 6) is 0.370. The van der Waals surface area contributed by atoms with E-state index in [1.54, 1.807) is 7.05 Å². The summed E-state index contributed by atoms with van der Waals surface area (Å²) < 4.78 is 0. The maximum absolute atomic E-state index is 11.7. The molecule has 3 N–H and O–H groups in total. The molecule has 20 heavy (non-hydrogen) atoms. The van der Waals surface area contributed by atoms with E-state index in [4.69, 9.17) is 5.73 Å².